The highest BCUT2D eigenvalue weighted by Crippen LogP contribution is 2.31. The fraction of sp³-hybridized carbons (Fsp3) is 0.200. The van der Waals surface area contributed by atoms with E-state index in [2.05, 4.69) is 10.3 Å². The van der Waals surface area contributed by atoms with E-state index in [0.29, 0.717) is 17.7 Å². The molecule has 2 aromatic rings. The van der Waals surface area contributed by atoms with E-state index in [1.54, 1.807) is 36.7 Å². The summed E-state index contributed by atoms with van der Waals surface area (Å²) in [4.78, 5) is 16.3. The lowest BCUT2D eigenvalue weighted by molar-refractivity contribution is 0.102. The van der Waals surface area contributed by atoms with Crippen molar-refractivity contribution >= 4 is 21.4 Å². The molecule has 114 valence electrons. The first kappa shape index (κ1) is 14.7. The van der Waals surface area contributed by atoms with Gasteiger partial charge in [-0.3, -0.25) is 9.78 Å². The van der Waals surface area contributed by atoms with Crippen LogP contribution in [0, 0.1) is 0 Å². The predicted octanol–water partition coefficient (Wildman–Crippen LogP) is 1.51. The Balaban J connectivity index is 1.95. The van der Waals surface area contributed by atoms with Gasteiger partial charge in [0.25, 0.3) is 5.91 Å². The summed E-state index contributed by atoms with van der Waals surface area (Å²) in [5, 5.41) is 2.70. The average Bonchev–Trinajstić information content (AvgIpc) is 2.52. The molecule has 0 bridgehead atoms. The standard InChI is InChI=1S/C15H15N3O3S/c16-13-5-8-22(20,21)14-9-10(1-2-12(13)14)15(19)18-11-3-6-17-7-4-11/h1-4,6-7,9,13H,5,8,16H2,(H,17,18,19). The Morgan fingerprint density at radius 3 is 2.68 bits per heavy atom. The van der Waals surface area contributed by atoms with Crippen LogP contribution in [0.2, 0.25) is 0 Å². The van der Waals surface area contributed by atoms with Crippen LogP contribution in [0.25, 0.3) is 0 Å². The number of anilines is 1. The van der Waals surface area contributed by atoms with Crippen LogP contribution in [0.3, 0.4) is 0 Å². The van der Waals surface area contributed by atoms with Crippen LogP contribution < -0.4 is 11.1 Å². The summed E-state index contributed by atoms with van der Waals surface area (Å²) in [6.45, 7) is 0. The van der Waals surface area contributed by atoms with E-state index in [1.165, 1.54) is 6.07 Å². The number of fused-ring (bicyclic) bond motifs is 1. The number of amides is 1. The fourth-order valence-corrected chi connectivity index (χ4v) is 4.11. The maximum Gasteiger partial charge on any atom is 0.255 e. The van der Waals surface area contributed by atoms with Gasteiger partial charge in [0.1, 0.15) is 0 Å². The van der Waals surface area contributed by atoms with Crippen LogP contribution in [0.1, 0.15) is 28.4 Å². The van der Waals surface area contributed by atoms with Gasteiger partial charge in [0, 0.05) is 29.7 Å². The first-order valence-corrected chi connectivity index (χ1v) is 8.46. The Morgan fingerprint density at radius 2 is 1.95 bits per heavy atom. The van der Waals surface area contributed by atoms with E-state index in [4.69, 9.17) is 5.73 Å². The van der Waals surface area contributed by atoms with Crippen LogP contribution in [0.15, 0.2) is 47.6 Å². The van der Waals surface area contributed by atoms with E-state index < -0.39 is 9.84 Å². The van der Waals surface area contributed by atoms with Crippen molar-refractivity contribution in [3.05, 3.63) is 53.9 Å². The van der Waals surface area contributed by atoms with Crippen molar-refractivity contribution in [1.82, 2.24) is 4.98 Å². The molecule has 1 atom stereocenters. The molecular formula is C15H15N3O3S. The molecule has 0 aliphatic carbocycles. The minimum atomic E-state index is -3.37. The monoisotopic (exact) mass is 317 g/mol. The second-order valence-corrected chi connectivity index (χ2v) is 7.23. The molecule has 1 unspecified atom stereocenters. The Kier molecular flexibility index (Phi) is 3.67. The molecule has 2 heterocycles. The average molecular weight is 317 g/mol. The molecule has 3 N–H and O–H groups in total. The van der Waals surface area contributed by atoms with Gasteiger partial charge in [0.05, 0.1) is 10.6 Å². The molecule has 0 saturated carbocycles. The molecule has 1 aromatic heterocycles. The number of aromatic nitrogens is 1. The van der Waals surface area contributed by atoms with E-state index >= 15 is 0 Å². The molecule has 6 nitrogen and oxygen atoms in total. The first-order valence-electron chi connectivity index (χ1n) is 6.81. The number of sulfone groups is 1. The summed E-state index contributed by atoms with van der Waals surface area (Å²) >= 11 is 0. The lowest BCUT2D eigenvalue weighted by Gasteiger charge is -2.22. The van der Waals surface area contributed by atoms with E-state index in [-0.39, 0.29) is 28.2 Å². The zero-order valence-electron chi connectivity index (χ0n) is 11.7. The lowest BCUT2D eigenvalue weighted by Crippen LogP contribution is -2.25. The number of carbonyl (C=O) groups is 1. The van der Waals surface area contributed by atoms with Crippen molar-refractivity contribution in [3.8, 4) is 0 Å². The van der Waals surface area contributed by atoms with Gasteiger partial charge in [-0.05, 0) is 36.2 Å². The molecule has 1 aliphatic rings. The third-order valence-electron chi connectivity index (χ3n) is 3.65. The third-order valence-corrected chi connectivity index (χ3v) is 5.44. The van der Waals surface area contributed by atoms with Crippen LogP contribution in [-0.4, -0.2) is 25.1 Å². The molecule has 1 aliphatic heterocycles. The van der Waals surface area contributed by atoms with E-state index in [1.807, 2.05) is 0 Å². The van der Waals surface area contributed by atoms with Gasteiger partial charge in [-0.2, -0.15) is 0 Å². The van der Waals surface area contributed by atoms with Gasteiger partial charge in [0.2, 0.25) is 0 Å². The maximum absolute atomic E-state index is 12.2. The van der Waals surface area contributed by atoms with Crippen LogP contribution in [-0.2, 0) is 9.84 Å². The van der Waals surface area contributed by atoms with Gasteiger partial charge >= 0.3 is 0 Å². The SMILES string of the molecule is NC1CCS(=O)(=O)c2cc(C(=O)Nc3ccncc3)ccc21. The minimum absolute atomic E-state index is 0.0105. The van der Waals surface area contributed by atoms with Crippen LogP contribution >= 0.6 is 0 Å². The molecule has 0 spiro atoms. The minimum Gasteiger partial charge on any atom is -0.324 e. The van der Waals surface area contributed by atoms with Gasteiger partial charge in [0.15, 0.2) is 9.84 Å². The molecule has 0 fully saturated rings. The summed E-state index contributed by atoms with van der Waals surface area (Å²) in [5.41, 5.74) is 7.40. The molecule has 1 aromatic carbocycles. The number of nitrogens with two attached hydrogens (primary N) is 1. The van der Waals surface area contributed by atoms with Gasteiger partial charge < -0.3 is 11.1 Å². The third kappa shape index (κ3) is 2.72. The summed E-state index contributed by atoms with van der Waals surface area (Å²) in [7, 11) is -3.37. The smallest absolute Gasteiger partial charge is 0.255 e. The quantitative estimate of drug-likeness (QED) is 0.874. The zero-order chi connectivity index (χ0) is 15.7. The topological polar surface area (TPSA) is 102 Å². The van der Waals surface area contributed by atoms with Crippen molar-refractivity contribution in [3.63, 3.8) is 0 Å². The van der Waals surface area contributed by atoms with E-state index in [0.717, 1.165) is 0 Å². The second-order valence-electron chi connectivity index (χ2n) is 5.16. The van der Waals surface area contributed by atoms with Crippen molar-refractivity contribution in [2.45, 2.75) is 17.4 Å². The highest BCUT2D eigenvalue weighted by molar-refractivity contribution is 7.91. The van der Waals surface area contributed by atoms with Gasteiger partial charge in [-0.15, -0.1) is 0 Å². The number of hydrogen-bond acceptors (Lipinski definition) is 5. The zero-order valence-corrected chi connectivity index (χ0v) is 12.5. The highest BCUT2D eigenvalue weighted by atomic mass is 32.2. The Hall–Kier alpha value is -2.25. The van der Waals surface area contributed by atoms with Gasteiger partial charge in [-0.25, -0.2) is 8.42 Å². The fourth-order valence-electron chi connectivity index (χ4n) is 2.44. The Bertz CT molecular complexity index is 819. The van der Waals surface area contributed by atoms with Crippen molar-refractivity contribution in [1.29, 1.82) is 0 Å². The molecular weight excluding hydrogens is 302 g/mol. The molecule has 7 heteroatoms. The highest BCUT2D eigenvalue weighted by Gasteiger charge is 2.29. The Labute approximate surface area is 128 Å². The summed E-state index contributed by atoms with van der Waals surface area (Å²) in [5.74, 6) is -0.361. The van der Waals surface area contributed by atoms with Crippen molar-refractivity contribution in [2.75, 3.05) is 11.1 Å². The molecule has 22 heavy (non-hydrogen) atoms. The number of pyridine rings is 1. The van der Waals surface area contributed by atoms with Crippen LogP contribution in [0.5, 0.6) is 0 Å². The first-order chi connectivity index (χ1) is 10.5. The normalized spacial score (nSPS) is 19.2. The molecule has 0 radical (unpaired) electrons. The van der Waals surface area contributed by atoms with E-state index in [9.17, 15) is 13.2 Å². The van der Waals surface area contributed by atoms with Crippen molar-refractivity contribution in [2.24, 2.45) is 5.73 Å². The number of carbonyl (C=O) groups excluding carboxylic acids is 1. The van der Waals surface area contributed by atoms with Crippen molar-refractivity contribution < 1.29 is 13.2 Å². The second kappa shape index (κ2) is 5.51. The molecule has 3 rings (SSSR count). The Morgan fingerprint density at radius 1 is 1.23 bits per heavy atom. The number of hydrogen-bond donors (Lipinski definition) is 2. The molecule has 1 amide bonds. The summed E-state index contributed by atoms with van der Waals surface area (Å²) < 4.78 is 24.3. The largest absolute Gasteiger partial charge is 0.324 e. The lowest BCUT2D eigenvalue weighted by atomic mass is 10.0. The van der Waals surface area contributed by atoms with Gasteiger partial charge in [-0.1, -0.05) is 6.07 Å². The summed E-state index contributed by atoms with van der Waals surface area (Å²) in [6, 6.07) is 7.62. The van der Waals surface area contributed by atoms with Crippen LogP contribution in [0.4, 0.5) is 5.69 Å². The summed E-state index contributed by atoms with van der Waals surface area (Å²) in [6.07, 6.45) is 3.52. The number of nitrogens with zero attached hydrogens (tertiary/aromatic N) is 1. The number of nitrogens with one attached hydrogen (secondary N) is 1. The number of rotatable bonds is 2. The molecule has 0 saturated heterocycles. The predicted molar refractivity (Wildman–Crippen MR) is 82.2 cm³/mol. The maximum atomic E-state index is 12.2. The number of benzene rings is 1.